The van der Waals surface area contributed by atoms with E-state index >= 15 is 0 Å². The zero-order chi connectivity index (χ0) is 10.5. The average Bonchev–Trinajstić information content (AvgIpc) is 1.81. The Balaban J connectivity index is -0.000000720. The molecule has 0 aliphatic rings. The molecule has 0 radical (unpaired) electrons. The van der Waals surface area contributed by atoms with Crippen LogP contribution in [-0.2, 0) is 20.2 Å². The monoisotopic (exact) mass is 277 g/mol. The largest absolute Gasteiger partial charge is 1.00 e. The van der Waals surface area contributed by atoms with Gasteiger partial charge in [0.25, 0.3) is 0 Å². The number of rotatable bonds is 6. The molecule has 80 valence electrons. The van der Waals surface area contributed by atoms with Gasteiger partial charge in [-0.05, 0) is 0 Å². The van der Waals surface area contributed by atoms with E-state index in [0.29, 0.717) is 0 Å². The molecule has 0 aromatic carbocycles. The molecular formula is C4H9NNa2O6S2. The molecule has 0 amide bonds. The second-order valence-corrected chi connectivity index (χ2v) is 5.32. The molecule has 0 bridgehead atoms. The van der Waals surface area contributed by atoms with Gasteiger partial charge in [0.15, 0.2) is 0 Å². The fraction of sp³-hybridized carbons (Fsp3) is 1.00. The molecule has 11 heteroatoms. The van der Waals surface area contributed by atoms with Gasteiger partial charge in [0.05, 0.1) is 31.7 Å². The summed E-state index contributed by atoms with van der Waals surface area (Å²) in [5.41, 5.74) is 0. The van der Waals surface area contributed by atoms with E-state index in [1.54, 1.807) is 0 Å². The quantitative estimate of drug-likeness (QED) is 0.290. The topological polar surface area (TPSA) is 126 Å². The second-order valence-electron chi connectivity index (χ2n) is 2.27. The summed E-state index contributed by atoms with van der Waals surface area (Å²) in [6.07, 6.45) is 0. The third-order valence-electron chi connectivity index (χ3n) is 1.06. The smallest absolute Gasteiger partial charge is 0.748 e. The van der Waals surface area contributed by atoms with Crippen LogP contribution < -0.4 is 64.4 Å². The first-order chi connectivity index (χ1) is 5.71. The van der Waals surface area contributed by atoms with Crippen LogP contribution in [0, 0.1) is 0 Å². The minimum absolute atomic E-state index is 0. The van der Waals surface area contributed by atoms with Crippen LogP contribution in [0.2, 0.25) is 0 Å². The summed E-state index contributed by atoms with van der Waals surface area (Å²) in [5, 5.41) is 2.34. The van der Waals surface area contributed by atoms with Crippen molar-refractivity contribution in [1.29, 1.82) is 0 Å². The number of hydrogen-bond acceptors (Lipinski definition) is 7. The van der Waals surface area contributed by atoms with E-state index in [9.17, 15) is 25.9 Å². The predicted octanol–water partition coefficient (Wildman–Crippen LogP) is -8.33. The Morgan fingerprint density at radius 2 is 1.07 bits per heavy atom. The van der Waals surface area contributed by atoms with Crippen LogP contribution in [-0.4, -0.2) is 50.5 Å². The maximum atomic E-state index is 10.0. The van der Waals surface area contributed by atoms with Crippen molar-refractivity contribution in [3.63, 3.8) is 0 Å². The molecule has 0 aromatic heterocycles. The maximum absolute atomic E-state index is 10.0. The van der Waals surface area contributed by atoms with E-state index in [2.05, 4.69) is 5.32 Å². The molecule has 0 saturated carbocycles. The molecule has 0 unspecified atom stereocenters. The van der Waals surface area contributed by atoms with Gasteiger partial charge < -0.3 is 14.4 Å². The standard InChI is InChI=1S/C4H11NO6S2.2Na/c6-12(7,8)3-1-5-2-4-13(9,10)11;;/h5H,1-4H2,(H,6,7,8)(H,9,10,11);;/q;2*+1/p-2. The van der Waals surface area contributed by atoms with Gasteiger partial charge in [0.1, 0.15) is 0 Å². The summed E-state index contributed by atoms with van der Waals surface area (Å²) >= 11 is 0. The summed E-state index contributed by atoms with van der Waals surface area (Å²) < 4.78 is 60.1. The third-order valence-corrected chi connectivity index (χ3v) is 2.47. The molecule has 0 atom stereocenters. The van der Waals surface area contributed by atoms with E-state index in [4.69, 9.17) is 0 Å². The first kappa shape index (κ1) is 22.0. The van der Waals surface area contributed by atoms with Crippen LogP contribution in [0.25, 0.3) is 0 Å². The zero-order valence-corrected chi connectivity index (χ0v) is 14.2. The summed E-state index contributed by atoms with van der Waals surface area (Å²) in [7, 11) is -8.56. The van der Waals surface area contributed by atoms with Crippen LogP contribution in [0.1, 0.15) is 0 Å². The average molecular weight is 277 g/mol. The van der Waals surface area contributed by atoms with Crippen LogP contribution in [0.5, 0.6) is 0 Å². The van der Waals surface area contributed by atoms with E-state index in [-0.39, 0.29) is 72.2 Å². The molecule has 0 rings (SSSR count). The zero-order valence-electron chi connectivity index (χ0n) is 8.59. The Kier molecular flexibility index (Phi) is 14.3. The molecule has 7 nitrogen and oxygen atoms in total. The van der Waals surface area contributed by atoms with Crippen LogP contribution >= 0.6 is 0 Å². The Hall–Kier alpha value is 1.78. The van der Waals surface area contributed by atoms with Gasteiger partial charge in [-0.3, -0.25) is 0 Å². The molecule has 0 aliphatic carbocycles. The van der Waals surface area contributed by atoms with Crippen molar-refractivity contribution in [3.05, 3.63) is 0 Å². The Morgan fingerprint density at radius 1 is 0.800 bits per heavy atom. The molecule has 1 N–H and O–H groups in total. The van der Waals surface area contributed by atoms with Gasteiger partial charge in [-0.15, -0.1) is 0 Å². The summed E-state index contributed by atoms with van der Waals surface area (Å²) in [6, 6.07) is 0. The van der Waals surface area contributed by atoms with Gasteiger partial charge >= 0.3 is 59.1 Å². The summed E-state index contributed by atoms with van der Waals surface area (Å²) in [5.74, 6) is -1.24. The molecule has 0 saturated heterocycles. The fourth-order valence-corrected chi connectivity index (χ4v) is 1.31. The molecule has 15 heavy (non-hydrogen) atoms. The number of hydrogen-bond donors (Lipinski definition) is 1. The molecule has 0 spiro atoms. The van der Waals surface area contributed by atoms with E-state index < -0.39 is 31.7 Å². The first-order valence-corrected chi connectivity index (χ1v) is 6.44. The fourth-order valence-electron chi connectivity index (χ4n) is 0.519. The molecule has 0 heterocycles. The van der Waals surface area contributed by atoms with Gasteiger partial charge in [-0.1, -0.05) is 0 Å². The van der Waals surface area contributed by atoms with Crippen molar-refractivity contribution < 1.29 is 85.1 Å². The van der Waals surface area contributed by atoms with Crippen molar-refractivity contribution in [1.82, 2.24) is 5.32 Å². The SMILES string of the molecule is O=S(=O)([O-])CCNCCS(=O)(=O)[O-].[Na+].[Na+]. The van der Waals surface area contributed by atoms with Crippen molar-refractivity contribution in [3.8, 4) is 0 Å². The normalized spacial score (nSPS) is 11.3. The van der Waals surface area contributed by atoms with E-state index in [0.717, 1.165) is 0 Å². The first-order valence-electron chi connectivity index (χ1n) is 3.28. The minimum atomic E-state index is -4.28. The third kappa shape index (κ3) is 21.6. The van der Waals surface area contributed by atoms with Gasteiger partial charge in [-0.2, -0.15) is 0 Å². The minimum Gasteiger partial charge on any atom is -0.748 e. The molecule has 0 aromatic rings. The van der Waals surface area contributed by atoms with Crippen LogP contribution in [0.15, 0.2) is 0 Å². The van der Waals surface area contributed by atoms with Crippen molar-refractivity contribution in [2.24, 2.45) is 0 Å². The van der Waals surface area contributed by atoms with Crippen molar-refractivity contribution >= 4 is 20.2 Å². The van der Waals surface area contributed by atoms with Crippen LogP contribution in [0.3, 0.4) is 0 Å². The maximum Gasteiger partial charge on any atom is 1.00 e. The molecule has 0 aliphatic heterocycles. The van der Waals surface area contributed by atoms with Gasteiger partial charge in [-0.25, -0.2) is 16.8 Å². The van der Waals surface area contributed by atoms with Crippen molar-refractivity contribution in [2.75, 3.05) is 24.6 Å². The molecule has 0 fully saturated rings. The van der Waals surface area contributed by atoms with E-state index in [1.165, 1.54) is 0 Å². The Labute approximate surface area is 133 Å². The van der Waals surface area contributed by atoms with Crippen molar-refractivity contribution in [2.45, 2.75) is 0 Å². The van der Waals surface area contributed by atoms with Gasteiger partial charge in [0.2, 0.25) is 0 Å². The summed E-state index contributed by atoms with van der Waals surface area (Å²) in [4.78, 5) is 0. The van der Waals surface area contributed by atoms with E-state index in [1.807, 2.05) is 0 Å². The summed E-state index contributed by atoms with van der Waals surface area (Å²) in [6.45, 7) is -0.303. The van der Waals surface area contributed by atoms with Gasteiger partial charge in [0, 0.05) is 13.1 Å². The second kappa shape index (κ2) is 9.77. The Morgan fingerprint density at radius 3 is 1.27 bits per heavy atom. The van der Waals surface area contributed by atoms with Crippen LogP contribution in [0.4, 0.5) is 0 Å². The Bertz CT molecular complexity index is 304. The molecular weight excluding hydrogens is 268 g/mol. The predicted molar refractivity (Wildman–Crippen MR) is 42.0 cm³/mol. The number of nitrogens with one attached hydrogen (secondary N) is 1.